The van der Waals surface area contributed by atoms with E-state index in [2.05, 4.69) is 91.6 Å². The summed E-state index contributed by atoms with van der Waals surface area (Å²) in [5, 5.41) is 4.19. The molecule has 0 radical (unpaired) electrons. The van der Waals surface area contributed by atoms with E-state index in [1.54, 1.807) is 0 Å². The van der Waals surface area contributed by atoms with Crippen LogP contribution in [0.4, 0.5) is 4.39 Å². The van der Waals surface area contributed by atoms with Gasteiger partial charge < -0.3 is 0 Å². The SMILES string of the molecule is C[PH](c1ccccc1)(c1ccccc1)c1cccc(CCCF)c1. The fraction of sp³-hybridized carbons (Fsp3) is 0.182. The van der Waals surface area contributed by atoms with Crippen LogP contribution in [0.25, 0.3) is 0 Å². The van der Waals surface area contributed by atoms with E-state index in [4.69, 9.17) is 0 Å². The molecule has 0 spiro atoms. The van der Waals surface area contributed by atoms with Gasteiger partial charge in [-0.3, -0.25) is 0 Å². The second-order valence-corrected chi connectivity index (χ2v) is 10.3. The molecule has 124 valence electrons. The van der Waals surface area contributed by atoms with Crippen LogP contribution in [0.1, 0.15) is 12.0 Å². The van der Waals surface area contributed by atoms with E-state index in [-0.39, 0.29) is 6.67 Å². The third kappa shape index (κ3) is 3.42. The van der Waals surface area contributed by atoms with Crippen molar-refractivity contribution in [3.63, 3.8) is 0 Å². The van der Waals surface area contributed by atoms with E-state index < -0.39 is 7.26 Å². The number of hydrogen-bond donors (Lipinski definition) is 0. The molecule has 0 heterocycles. The monoisotopic (exact) mass is 338 g/mol. The standard InChI is InChI=1S/C22H24FP/c1-24(20-12-4-2-5-13-20,21-14-6-3-7-15-21)22-16-8-10-19(18-22)11-9-17-23/h2-8,10,12-16,18,24H,9,11,17H2,1H3. The first-order valence-corrected chi connectivity index (χ1v) is 11.0. The first-order valence-electron chi connectivity index (χ1n) is 8.51. The fourth-order valence-electron chi connectivity index (χ4n) is 3.35. The molecule has 0 bridgehead atoms. The molecule has 0 atom stereocenters. The van der Waals surface area contributed by atoms with E-state index >= 15 is 0 Å². The summed E-state index contributed by atoms with van der Waals surface area (Å²) in [5.74, 6) is 0. The molecule has 0 aliphatic heterocycles. The first-order chi connectivity index (χ1) is 11.7. The molecule has 0 saturated carbocycles. The van der Waals surface area contributed by atoms with Crippen molar-refractivity contribution in [1.82, 2.24) is 0 Å². The summed E-state index contributed by atoms with van der Waals surface area (Å²) in [6.07, 6.45) is 1.40. The van der Waals surface area contributed by atoms with Crippen molar-refractivity contribution < 1.29 is 4.39 Å². The van der Waals surface area contributed by atoms with Gasteiger partial charge in [0, 0.05) is 0 Å². The van der Waals surface area contributed by atoms with E-state index in [1.807, 2.05) is 0 Å². The molecule has 0 aliphatic rings. The van der Waals surface area contributed by atoms with Crippen LogP contribution < -0.4 is 15.9 Å². The van der Waals surface area contributed by atoms with Crippen LogP contribution in [0.5, 0.6) is 0 Å². The van der Waals surface area contributed by atoms with E-state index in [0.29, 0.717) is 6.42 Å². The summed E-state index contributed by atoms with van der Waals surface area (Å²) in [4.78, 5) is 0. The van der Waals surface area contributed by atoms with Crippen LogP contribution in [0.15, 0.2) is 84.9 Å². The summed E-state index contributed by atoms with van der Waals surface area (Å²) in [5.41, 5.74) is 1.23. The Hall–Kier alpha value is -1.98. The Morgan fingerprint density at radius 2 is 1.25 bits per heavy atom. The van der Waals surface area contributed by atoms with Crippen molar-refractivity contribution in [2.75, 3.05) is 13.3 Å². The van der Waals surface area contributed by atoms with Crippen molar-refractivity contribution >= 4 is 23.2 Å². The molecular weight excluding hydrogens is 314 g/mol. The zero-order chi connectivity index (χ0) is 16.8. The summed E-state index contributed by atoms with van der Waals surface area (Å²) in [6.45, 7) is 2.15. The Balaban J connectivity index is 2.13. The number of alkyl halides is 1. The van der Waals surface area contributed by atoms with Crippen LogP contribution in [0, 0.1) is 0 Å². The summed E-state index contributed by atoms with van der Waals surface area (Å²) < 4.78 is 12.6. The molecule has 24 heavy (non-hydrogen) atoms. The number of hydrogen-bond acceptors (Lipinski definition) is 0. The summed E-state index contributed by atoms with van der Waals surface area (Å²) in [7, 11) is -2.04. The maximum absolute atomic E-state index is 12.6. The molecule has 3 aromatic carbocycles. The predicted octanol–water partition coefficient (Wildman–Crippen LogP) is 4.24. The number of benzene rings is 3. The fourth-order valence-corrected chi connectivity index (χ4v) is 6.97. The second-order valence-electron chi connectivity index (χ2n) is 6.35. The Kier molecular flexibility index (Phi) is 5.43. The van der Waals surface area contributed by atoms with Gasteiger partial charge in [-0.25, -0.2) is 0 Å². The molecule has 0 amide bonds. The summed E-state index contributed by atoms with van der Waals surface area (Å²) >= 11 is 0. The molecule has 3 rings (SSSR count). The van der Waals surface area contributed by atoms with Gasteiger partial charge in [0.25, 0.3) is 0 Å². The van der Waals surface area contributed by atoms with Gasteiger partial charge in [0.2, 0.25) is 0 Å². The van der Waals surface area contributed by atoms with Gasteiger partial charge in [0.05, 0.1) is 0 Å². The van der Waals surface area contributed by atoms with Crippen molar-refractivity contribution in [1.29, 1.82) is 0 Å². The first kappa shape index (κ1) is 16.9. The molecule has 3 aromatic rings. The molecule has 0 aliphatic carbocycles. The number of halogens is 1. The molecule has 0 nitrogen and oxygen atoms in total. The van der Waals surface area contributed by atoms with Crippen LogP contribution in [-0.4, -0.2) is 13.3 Å². The Morgan fingerprint density at radius 3 is 1.79 bits per heavy atom. The molecule has 0 saturated heterocycles. The summed E-state index contributed by atoms with van der Waals surface area (Å²) in [6, 6.07) is 30.4. The topological polar surface area (TPSA) is 0 Å². The van der Waals surface area contributed by atoms with Crippen LogP contribution in [0.3, 0.4) is 0 Å². The van der Waals surface area contributed by atoms with Gasteiger partial charge >= 0.3 is 144 Å². The molecule has 2 heteroatoms. The molecule has 0 aromatic heterocycles. The van der Waals surface area contributed by atoms with E-state index in [0.717, 1.165) is 6.42 Å². The van der Waals surface area contributed by atoms with Gasteiger partial charge in [-0.2, -0.15) is 0 Å². The third-order valence-electron chi connectivity index (χ3n) is 4.81. The van der Waals surface area contributed by atoms with Gasteiger partial charge in [0.15, 0.2) is 0 Å². The van der Waals surface area contributed by atoms with Crippen LogP contribution in [0.2, 0.25) is 0 Å². The van der Waals surface area contributed by atoms with E-state index in [1.165, 1.54) is 21.5 Å². The quantitative estimate of drug-likeness (QED) is 0.590. The predicted molar refractivity (Wildman–Crippen MR) is 107 cm³/mol. The van der Waals surface area contributed by atoms with Crippen LogP contribution >= 0.6 is 7.26 Å². The number of aryl methyl sites for hydroxylation is 1. The zero-order valence-electron chi connectivity index (χ0n) is 14.1. The van der Waals surface area contributed by atoms with Gasteiger partial charge in [-0.05, 0) is 0 Å². The minimum atomic E-state index is -2.04. The molecule has 0 fully saturated rings. The van der Waals surface area contributed by atoms with Crippen molar-refractivity contribution in [3.8, 4) is 0 Å². The van der Waals surface area contributed by atoms with Gasteiger partial charge in [0.1, 0.15) is 0 Å². The van der Waals surface area contributed by atoms with Crippen molar-refractivity contribution in [3.05, 3.63) is 90.5 Å². The van der Waals surface area contributed by atoms with Crippen LogP contribution in [-0.2, 0) is 6.42 Å². The maximum atomic E-state index is 12.6. The minimum absolute atomic E-state index is 0.254. The Labute approximate surface area is 144 Å². The molecule has 0 unspecified atom stereocenters. The average Bonchev–Trinajstić information content (AvgIpc) is 2.67. The number of rotatable bonds is 6. The normalized spacial score (nSPS) is 12.1. The van der Waals surface area contributed by atoms with E-state index in [9.17, 15) is 4.39 Å². The Bertz CT molecular complexity index is 729. The molecular formula is C22H24FP. The zero-order valence-corrected chi connectivity index (χ0v) is 15.1. The van der Waals surface area contributed by atoms with Crippen molar-refractivity contribution in [2.24, 2.45) is 0 Å². The molecule has 0 N–H and O–H groups in total. The second kappa shape index (κ2) is 7.73. The van der Waals surface area contributed by atoms with Crippen molar-refractivity contribution in [2.45, 2.75) is 12.8 Å². The average molecular weight is 338 g/mol. The Morgan fingerprint density at radius 1 is 0.708 bits per heavy atom. The van der Waals surface area contributed by atoms with Gasteiger partial charge in [-0.15, -0.1) is 0 Å². The van der Waals surface area contributed by atoms with Gasteiger partial charge in [-0.1, -0.05) is 0 Å². The third-order valence-corrected chi connectivity index (χ3v) is 9.25.